The molecule has 2 aromatic heterocycles. The lowest BCUT2D eigenvalue weighted by Gasteiger charge is -2.33. The number of nitrogens with zero attached hydrogens (tertiary/aromatic N) is 5. The molecule has 0 saturated carbocycles. The predicted octanol–water partition coefficient (Wildman–Crippen LogP) is 7.09. The van der Waals surface area contributed by atoms with E-state index in [4.69, 9.17) is 14.5 Å². The molecule has 0 spiro atoms. The lowest BCUT2D eigenvalue weighted by atomic mass is 9.95. The van der Waals surface area contributed by atoms with Crippen LogP contribution in [0.15, 0.2) is 66.9 Å². The van der Waals surface area contributed by atoms with Crippen LogP contribution in [0.2, 0.25) is 0 Å². The van der Waals surface area contributed by atoms with Crippen LogP contribution in [0.5, 0.6) is 11.8 Å². The summed E-state index contributed by atoms with van der Waals surface area (Å²) >= 11 is 0. The molecule has 3 saturated heterocycles. The first-order valence-electron chi connectivity index (χ1n) is 16.5. The molecule has 0 atom stereocenters. The number of piperidine rings is 1. The minimum Gasteiger partial charge on any atom is -0.461 e. The van der Waals surface area contributed by atoms with Crippen molar-refractivity contribution in [1.29, 1.82) is 0 Å². The number of halogens is 3. The quantitative estimate of drug-likeness (QED) is 0.136. The van der Waals surface area contributed by atoms with E-state index in [9.17, 15) is 9.18 Å². The van der Waals surface area contributed by atoms with Gasteiger partial charge in [0.1, 0.15) is 41.0 Å². The molecule has 5 aromatic rings. The van der Waals surface area contributed by atoms with Gasteiger partial charge in [-0.05, 0) is 87.3 Å². The van der Waals surface area contributed by atoms with Crippen LogP contribution in [-0.4, -0.2) is 64.1 Å². The number of hydrogen-bond acceptors (Lipinski definition) is 8. The molecule has 3 aliphatic rings. The molecule has 3 aromatic carbocycles. The number of aromatic nitrogens is 3. The molecular formula is C37H34F3N5O3. The fraction of sp³-hybridized carbons (Fsp3) is 0.351. The zero-order chi connectivity index (χ0) is 32.8. The van der Waals surface area contributed by atoms with E-state index in [1.165, 1.54) is 36.5 Å². The molecule has 11 heteroatoms. The van der Waals surface area contributed by atoms with E-state index < -0.39 is 17.5 Å². The maximum atomic E-state index is 16.7. The molecule has 3 fully saturated rings. The minimum atomic E-state index is -0.684. The topological polar surface area (TPSA) is 80.7 Å². The summed E-state index contributed by atoms with van der Waals surface area (Å²) in [5, 5.41) is 1.32. The second-order valence-corrected chi connectivity index (χ2v) is 13.0. The second kappa shape index (κ2) is 12.4. The van der Waals surface area contributed by atoms with Gasteiger partial charge >= 0.3 is 12.0 Å². The number of pyridine rings is 1. The molecule has 48 heavy (non-hydrogen) atoms. The fourth-order valence-electron chi connectivity index (χ4n) is 7.70. The van der Waals surface area contributed by atoms with Crippen molar-refractivity contribution in [3.63, 3.8) is 0 Å². The lowest BCUT2D eigenvalue weighted by molar-refractivity contribution is -0.139. The zero-order valence-corrected chi connectivity index (χ0v) is 26.3. The number of esters is 1. The Labute approximate surface area is 275 Å². The van der Waals surface area contributed by atoms with Gasteiger partial charge in [0.05, 0.1) is 16.8 Å². The fourth-order valence-corrected chi connectivity index (χ4v) is 7.70. The van der Waals surface area contributed by atoms with Crippen LogP contribution in [0.3, 0.4) is 0 Å². The highest BCUT2D eigenvalue weighted by atomic mass is 19.1. The van der Waals surface area contributed by atoms with Crippen molar-refractivity contribution in [2.24, 2.45) is 5.92 Å². The Bertz CT molecular complexity index is 2000. The molecule has 246 valence electrons. The largest absolute Gasteiger partial charge is 0.461 e. The average molecular weight is 654 g/mol. The van der Waals surface area contributed by atoms with Gasteiger partial charge in [0.25, 0.3) is 0 Å². The molecule has 3 aliphatic heterocycles. The third-order valence-corrected chi connectivity index (χ3v) is 10.2. The minimum absolute atomic E-state index is 0.00704. The van der Waals surface area contributed by atoms with Crippen LogP contribution >= 0.6 is 0 Å². The Kier molecular flexibility index (Phi) is 7.86. The second-order valence-electron chi connectivity index (χ2n) is 13.0. The summed E-state index contributed by atoms with van der Waals surface area (Å²) in [5.41, 5.74) is 0.301. The van der Waals surface area contributed by atoms with Crippen LogP contribution in [0.25, 0.3) is 32.9 Å². The van der Waals surface area contributed by atoms with Crippen molar-refractivity contribution in [3.8, 4) is 23.0 Å². The summed E-state index contributed by atoms with van der Waals surface area (Å²) in [6, 6.07) is 15.4. The standard InChI is InChI=1S/C37H34F3N5O3/c38-25-9-11-26(12-10-25)48-35(46)24-13-19-44(20-14-24)34-28-21-41-32(27-7-1-5-23-6-2-8-29(39)30(23)27)31(40)33(28)42-36(43-34)47-22-37-15-3-17-45(37)18-4-16-37/h1-2,5-12,21,24H,3-4,13-20,22H2. The summed E-state index contributed by atoms with van der Waals surface area (Å²) in [6.45, 7) is 3.38. The number of fused-ring (bicyclic) bond motifs is 3. The van der Waals surface area contributed by atoms with Gasteiger partial charge in [-0.3, -0.25) is 14.7 Å². The maximum absolute atomic E-state index is 16.7. The third kappa shape index (κ3) is 5.49. The van der Waals surface area contributed by atoms with Crippen molar-refractivity contribution in [2.45, 2.75) is 44.1 Å². The smallest absolute Gasteiger partial charge is 0.319 e. The molecule has 8 rings (SSSR count). The van der Waals surface area contributed by atoms with Crippen molar-refractivity contribution in [2.75, 3.05) is 37.7 Å². The molecule has 0 amide bonds. The SMILES string of the molecule is O=C(Oc1ccc(F)cc1)C1CCN(c2nc(OCC34CCCN3CCC4)nc3c(F)c(-c4cccc5cccc(F)c45)ncc23)CC1. The van der Waals surface area contributed by atoms with Gasteiger partial charge in [-0.1, -0.05) is 30.3 Å². The first kappa shape index (κ1) is 30.6. The van der Waals surface area contributed by atoms with E-state index >= 15 is 8.78 Å². The van der Waals surface area contributed by atoms with E-state index in [-0.39, 0.29) is 40.0 Å². The number of rotatable bonds is 7. The Balaban J connectivity index is 1.13. The predicted molar refractivity (Wildman–Crippen MR) is 175 cm³/mol. The molecule has 0 radical (unpaired) electrons. The van der Waals surface area contributed by atoms with Crippen LogP contribution in [-0.2, 0) is 4.79 Å². The number of ether oxygens (including phenoxy) is 2. The maximum Gasteiger partial charge on any atom is 0.319 e. The highest BCUT2D eigenvalue weighted by Gasteiger charge is 2.45. The van der Waals surface area contributed by atoms with E-state index in [1.54, 1.807) is 30.3 Å². The van der Waals surface area contributed by atoms with E-state index in [2.05, 4.69) is 14.9 Å². The van der Waals surface area contributed by atoms with Crippen molar-refractivity contribution < 1.29 is 27.4 Å². The van der Waals surface area contributed by atoms with Gasteiger partial charge in [-0.2, -0.15) is 9.97 Å². The van der Waals surface area contributed by atoms with Crippen LogP contribution in [0.4, 0.5) is 19.0 Å². The van der Waals surface area contributed by atoms with E-state index in [0.717, 1.165) is 38.8 Å². The lowest BCUT2D eigenvalue weighted by Crippen LogP contribution is -2.43. The zero-order valence-electron chi connectivity index (χ0n) is 26.3. The van der Waals surface area contributed by atoms with Gasteiger partial charge in [0.2, 0.25) is 0 Å². The summed E-state index contributed by atoms with van der Waals surface area (Å²) < 4.78 is 56.9. The Morgan fingerprint density at radius 2 is 1.62 bits per heavy atom. The van der Waals surface area contributed by atoms with Crippen LogP contribution in [0.1, 0.15) is 38.5 Å². The van der Waals surface area contributed by atoms with Gasteiger partial charge < -0.3 is 14.4 Å². The number of benzene rings is 3. The summed E-state index contributed by atoms with van der Waals surface area (Å²) in [4.78, 5) is 31.3. The van der Waals surface area contributed by atoms with E-state index in [0.29, 0.717) is 60.4 Å². The van der Waals surface area contributed by atoms with Crippen molar-refractivity contribution in [3.05, 3.63) is 84.3 Å². The van der Waals surface area contributed by atoms with Gasteiger partial charge in [0, 0.05) is 30.2 Å². The Hall–Kier alpha value is -4.77. The summed E-state index contributed by atoms with van der Waals surface area (Å²) in [7, 11) is 0. The van der Waals surface area contributed by atoms with Gasteiger partial charge in [0.15, 0.2) is 5.82 Å². The van der Waals surface area contributed by atoms with Gasteiger partial charge in [-0.15, -0.1) is 0 Å². The van der Waals surface area contributed by atoms with Crippen molar-refractivity contribution >= 4 is 33.5 Å². The summed E-state index contributed by atoms with van der Waals surface area (Å²) in [6.07, 6.45) is 6.77. The number of anilines is 1. The number of carbonyl (C=O) groups excluding carboxylic acids is 1. The Morgan fingerprint density at radius 1 is 0.896 bits per heavy atom. The molecule has 0 aliphatic carbocycles. The average Bonchev–Trinajstić information content (AvgIpc) is 3.69. The molecule has 8 nitrogen and oxygen atoms in total. The highest BCUT2D eigenvalue weighted by Crippen LogP contribution is 2.40. The first-order chi connectivity index (χ1) is 23.4. The van der Waals surface area contributed by atoms with Crippen molar-refractivity contribution in [1.82, 2.24) is 19.9 Å². The monoisotopic (exact) mass is 653 g/mol. The molecule has 0 N–H and O–H groups in total. The summed E-state index contributed by atoms with van der Waals surface area (Å²) in [5.74, 6) is -1.55. The number of carbonyl (C=O) groups is 1. The molecule has 0 unspecified atom stereocenters. The van der Waals surface area contributed by atoms with Crippen LogP contribution < -0.4 is 14.4 Å². The highest BCUT2D eigenvalue weighted by molar-refractivity contribution is 5.99. The molecular weight excluding hydrogens is 619 g/mol. The number of hydrogen-bond donors (Lipinski definition) is 0. The molecule has 0 bridgehead atoms. The Morgan fingerprint density at radius 3 is 2.38 bits per heavy atom. The normalized spacial score (nSPS) is 18.0. The first-order valence-corrected chi connectivity index (χ1v) is 16.5. The van der Waals surface area contributed by atoms with E-state index in [1.807, 2.05) is 4.90 Å². The van der Waals surface area contributed by atoms with Crippen LogP contribution in [0, 0.1) is 23.4 Å². The third-order valence-electron chi connectivity index (χ3n) is 10.2. The van der Waals surface area contributed by atoms with Gasteiger partial charge in [-0.25, -0.2) is 13.2 Å². The molecule has 5 heterocycles.